The summed E-state index contributed by atoms with van der Waals surface area (Å²) < 4.78 is 2.02. The molecule has 0 spiro atoms. The quantitative estimate of drug-likeness (QED) is 0.519. The number of aromatic nitrogens is 2. The molecule has 1 heterocycles. The van der Waals surface area contributed by atoms with Crippen molar-refractivity contribution in [1.82, 2.24) is 9.55 Å². The molecule has 0 fully saturated rings. The molecule has 7 heteroatoms. The van der Waals surface area contributed by atoms with Crippen LogP contribution >= 0.6 is 15.9 Å². The molecule has 0 unspecified atom stereocenters. The van der Waals surface area contributed by atoms with Gasteiger partial charge in [-0.25, -0.2) is 4.98 Å². The van der Waals surface area contributed by atoms with E-state index in [1.807, 2.05) is 0 Å². The van der Waals surface area contributed by atoms with Crippen LogP contribution in [0.1, 0.15) is 5.82 Å². The zero-order valence-electron chi connectivity index (χ0n) is 11.5. The number of benzene rings is 2. The fourth-order valence-corrected chi connectivity index (χ4v) is 2.72. The van der Waals surface area contributed by atoms with E-state index in [1.165, 1.54) is 16.7 Å². The highest BCUT2D eigenvalue weighted by Gasteiger charge is 2.18. The Labute approximate surface area is 133 Å². The lowest BCUT2D eigenvalue weighted by Crippen LogP contribution is -2.23. The maximum atomic E-state index is 12.8. The minimum atomic E-state index is -0.508. The molecule has 0 saturated heterocycles. The highest BCUT2D eigenvalue weighted by Crippen LogP contribution is 2.23. The molecule has 22 heavy (non-hydrogen) atoms. The van der Waals surface area contributed by atoms with Gasteiger partial charge in [0.25, 0.3) is 11.2 Å². The molecule has 6 nitrogen and oxygen atoms in total. The van der Waals surface area contributed by atoms with Crippen molar-refractivity contribution < 1.29 is 4.92 Å². The summed E-state index contributed by atoms with van der Waals surface area (Å²) in [5.74, 6) is 0.397. The lowest BCUT2D eigenvalue weighted by Gasteiger charge is -2.11. The van der Waals surface area contributed by atoms with Gasteiger partial charge in [0.05, 0.1) is 15.8 Å². The molecule has 0 aliphatic rings. The van der Waals surface area contributed by atoms with E-state index < -0.39 is 4.92 Å². The summed E-state index contributed by atoms with van der Waals surface area (Å²) in [6.07, 6.45) is 0. The average Bonchev–Trinajstić information content (AvgIpc) is 2.48. The fraction of sp³-hybridized carbons (Fsp3) is 0.0667. The van der Waals surface area contributed by atoms with Crippen LogP contribution in [0, 0.1) is 17.0 Å². The van der Waals surface area contributed by atoms with Gasteiger partial charge in [-0.15, -0.1) is 0 Å². The minimum absolute atomic E-state index is 0.135. The molecule has 0 aliphatic carbocycles. The third kappa shape index (κ3) is 2.29. The Morgan fingerprint density at radius 3 is 2.68 bits per heavy atom. The number of para-hydroxylation sites is 2. The van der Waals surface area contributed by atoms with Gasteiger partial charge in [-0.05, 0) is 31.2 Å². The minimum Gasteiger partial charge on any atom is -0.268 e. The van der Waals surface area contributed by atoms with Gasteiger partial charge in [-0.1, -0.05) is 28.1 Å². The first-order chi connectivity index (χ1) is 10.5. The van der Waals surface area contributed by atoms with E-state index in [2.05, 4.69) is 20.9 Å². The second kappa shape index (κ2) is 5.34. The van der Waals surface area contributed by atoms with Crippen LogP contribution < -0.4 is 5.56 Å². The van der Waals surface area contributed by atoms with Crippen molar-refractivity contribution in [2.75, 3.05) is 0 Å². The Bertz CT molecular complexity index is 966. The molecule has 2 aromatic carbocycles. The van der Waals surface area contributed by atoms with Crippen molar-refractivity contribution in [3.63, 3.8) is 0 Å². The van der Waals surface area contributed by atoms with Crippen LogP contribution in [0.3, 0.4) is 0 Å². The van der Waals surface area contributed by atoms with Gasteiger partial charge in [0.2, 0.25) is 0 Å². The number of nitro benzene ring substituents is 1. The summed E-state index contributed by atoms with van der Waals surface area (Å²) in [5.41, 5.74) is 0.298. The van der Waals surface area contributed by atoms with Gasteiger partial charge in [0, 0.05) is 10.5 Å². The number of nitro groups is 1. The van der Waals surface area contributed by atoms with Crippen LogP contribution in [0.2, 0.25) is 0 Å². The molecular weight excluding hydrogens is 350 g/mol. The first kappa shape index (κ1) is 14.4. The number of rotatable bonds is 2. The van der Waals surface area contributed by atoms with E-state index in [9.17, 15) is 14.9 Å². The molecule has 0 N–H and O–H groups in total. The first-order valence-corrected chi connectivity index (χ1v) is 7.21. The first-order valence-electron chi connectivity index (χ1n) is 6.42. The molecule has 0 saturated carbocycles. The number of hydrogen-bond donors (Lipinski definition) is 0. The summed E-state index contributed by atoms with van der Waals surface area (Å²) in [6, 6.07) is 11.3. The van der Waals surface area contributed by atoms with Crippen LogP contribution in [0.4, 0.5) is 5.69 Å². The highest BCUT2D eigenvalue weighted by molar-refractivity contribution is 9.10. The summed E-state index contributed by atoms with van der Waals surface area (Å²) in [7, 11) is 0. The van der Waals surface area contributed by atoms with Gasteiger partial charge in [0.1, 0.15) is 11.5 Å². The van der Waals surface area contributed by atoms with E-state index in [0.29, 0.717) is 16.7 Å². The van der Waals surface area contributed by atoms with Crippen molar-refractivity contribution in [2.24, 2.45) is 0 Å². The molecule has 0 amide bonds. The third-order valence-corrected chi connectivity index (χ3v) is 3.81. The van der Waals surface area contributed by atoms with Crippen molar-refractivity contribution in [3.05, 3.63) is 73.2 Å². The van der Waals surface area contributed by atoms with E-state index >= 15 is 0 Å². The van der Waals surface area contributed by atoms with Crippen LogP contribution in [-0.4, -0.2) is 14.5 Å². The van der Waals surface area contributed by atoms with E-state index in [-0.39, 0.29) is 16.9 Å². The summed E-state index contributed by atoms with van der Waals surface area (Å²) in [6.45, 7) is 1.65. The van der Waals surface area contributed by atoms with Crippen molar-refractivity contribution in [3.8, 4) is 5.69 Å². The number of nitrogens with zero attached hydrogens (tertiary/aromatic N) is 3. The molecule has 1 aromatic heterocycles. The average molecular weight is 360 g/mol. The number of halogens is 1. The second-order valence-electron chi connectivity index (χ2n) is 4.71. The zero-order chi connectivity index (χ0) is 15.9. The number of aryl methyl sites for hydroxylation is 1. The summed E-state index contributed by atoms with van der Waals surface area (Å²) in [5, 5.41) is 11.6. The van der Waals surface area contributed by atoms with Gasteiger partial charge < -0.3 is 0 Å². The van der Waals surface area contributed by atoms with Gasteiger partial charge in [0.15, 0.2) is 0 Å². The summed E-state index contributed by atoms with van der Waals surface area (Å²) in [4.78, 5) is 27.8. The van der Waals surface area contributed by atoms with Crippen molar-refractivity contribution >= 4 is 32.5 Å². The van der Waals surface area contributed by atoms with Gasteiger partial charge in [-0.2, -0.15) is 0 Å². The Morgan fingerprint density at radius 2 is 1.95 bits per heavy atom. The molecular formula is C15H10BrN3O3. The molecule has 0 aliphatic heterocycles. The largest absolute Gasteiger partial charge is 0.293 e. The van der Waals surface area contributed by atoms with Crippen LogP contribution in [-0.2, 0) is 0 Å². The Hall–Kier alpha value is -2.54. The smallest absolute Gasteiger partial charge is 0.268 e. The molecule has 110 valence electrons. The lowest BCUT2D eigenvalue weighted by atomic mass is 10.2. The molecule has 3 rings (SSSR count). The standard InChI is InChI=1S/C15H10BrN3O3/c1-9-17-12-7-6-10(16)8-11(12)15(20)18(9)13-4-2-3-5-14(13)19(21)22/h2-8H,1H3. The van der Waals surface area contributed by atoms with E-state index in [4.69, 9.17) is 0 Å². The van der Waals surface area contributed by atoms with Crippen LogP contribution in [0.25, 0.3) is 16.6 Å². The van der Waals surface area contributed by atoms with E-state index in [1.54, 1.807) is 37.3 Å². The Balaban J connectivity index is 2.42. The van der Waals surface area contributed by atoms with Crippen molar-refractivity contribution in [2.45, 2.75) is 6.92 Å². The van der Waals surface area contributed by atoms with Crippen LogP contribution in [0.15, 0.2) is 51.7 Å². The predicted molar refractivity (Wildman–Crippen MR) is 86.4 cm³/mol. The highest BCUT2D eigenvalue weighted by atomic mass is 79.9. The normalized spacial score (nSPS) is 10.8. The maximum absolute atomic E-state index is 12.8. The fourth-order valence-electron chi connectivity index (χ4n) is 2.36. The number of hydrogen-bond acceptors (Lipinski definition) is 4. The van der Waals surface area contributed by atoms with Crippen molar-refractivity contribution in [1.29, 1.82) is 0 Å². The lowest BCUT2D eigenvalue weighted by molar-refractivity contribution is -0.384. The summed E-state index contributed by atoms with van der Waals surface area (Å²) >= 11 is 3.32. The SMILES string of the molecule is Cc1nc2ccc(Br)cc2c(=O)n1-c1ccccc1[N+](=O)[O-]. The van der Waals surface area contributed by atoms with Crippen LogP contribution in [0.5, 0.6) is 0 Å². The molecule has 0 bridgehead atoms. The monoisotopic (exact) mass is 359 g/mol. The predicted octanol–water partition coefficient (Wildman–Crippen LogP) is 3.36. The third-order valence-electron chi connectivity index (χ3n) is 3.32. The maximum Gasteiger partial charge on any atom is 0.293 e. The van der Waals surface area contributed by atoms with Gasteiger partial charge in [-0.3, -0.25) is 19.5 Å². The second-order valence-corrected chi connectivity index (χ2v) is 5.62. The Morgan fingerprint density at radius 1 is 1.23 bits per heavy atom. The molecule has 0 atom stereocenters. The zero-order valence-corrected chi connectivity index (χ0v) is 13.1. The molecule has 3 aromatic rings. The van der Waals surface area contributed by atoms with E-state index in [0.717, 1.165) is 4.47 Å². The number of fused-ring (bicyclic) bond motifs is 1. The molecule has 0 radical (unpaired) electrons. The topological polar surface area (TPSA) is 78.0 Å². The van der Waals surface area contributed by atoms with Gasteiger partial charge >= 0.3 is 0 Å². The Kier molecular flexibility index (Phi) is 3.50.